The molecule has 11 heavy (non-hydrogen) atoms. The molecule has 0 saturated carbocycles. The van der Waals surface area contributed by atoms with Crippen molar-refractivity contribution in [3.05, 3.63) is 24.2 Å². The Hall–Kier alpha value is -1.58. The molecule has 0 spiro atoms. The Labute approximate surface area is 63.7 Å². The van der Waals surface area contributed by atoms with Crippen LogP contribution in [0.5, 0.6) is 0 Å². The lowest BCUT2D eigenvalue weighted by molar-refractivity contribution is 1.11. The predicted molar refractivity (Wildman–Crippen MR) is 42.1 cm³/mol. The first-order valence-corrected chi connectivity index (χ1v) is 3.33. The zero-order valence-electron chi connectivity index (χ0n) is 6.15. The highest BCUT2D eigenvalue weighted by atomic mass is 15.1. The van der Waals surface area contributed by atoms with Gasteiger partial charge in [-0.3, -0.25) is 4.40 Å². The van der Waals surface area contributed by atoms with Crippen molar-refractivity contribution in [3.8, 4) is 0 Å². The van der Waals surface area contributed by atoms with Crippen LogP contribution in [0.2, 0.25) is 0 Å². The van der Waals surface area contributed by atoms with Crippen LogP contribution in [0.25, 0.3) is 5.78 Å². The van der Waals surface area contributed by atoms with Crippen LogP contribution in [0.4, 0.5) is 5.82 Å². The SMILES string of the molecule is Cc1cn2ccc(N)nc2n1. The van der Waals surface area contributed by atoms with E-state index in [-0.39, 0.29) is 0 Å². The van der Waals surface area contributed by atoms with E-state index < -0.39 is 0 Å². The first kappa shape index (κ1) is 6.15. The number of anilines is 1. The zero-order valence-corrected chi connectivity index (χ0v) is 6.15. The Kier molecular flexibility index (Phi) is 1.09. The van der Waals surface area contributed by atoms with E-state index in [9.17, 15) is 0 Å². The summed E-state index contributed by atoms with van der Waals surface area (Å²) in [5, 5.41) is 0. The van der Waals surface area contributed by atoms with Crippen molar-refractivity contribution in [2.75, 3.05) is 5.73 Å². The maximum Gasteiger partial charge on any atom is 0.235 e. The van der Waals surface area contributed by atoms with Gasteiger partial charge >= 0.3 is 0 Å². The third-order valence-corrected chi connectivity index (χ3v) is 1.47. The molecule has 0 bridgehead atoms. The molecular weight excluding hydrogens is 140 g/mol. The minimum Gasteiger partial charge on any atom is -0.384 e. The summed E-state index contributed by atoms with van der Waals surface area (Å²) in [6, 6.07) is 1.74. The number of aromatic nitrogens is 3. The lowest BCUT2D eigenvalue weighted by Gasteiger charge is -1.91. The Morgan fingerprint density at radius 2 is 2.27 bits per heavy atom. The summed E-state index contributed by atoms with van der Waals surface area (Å²) in [7, 11) is 0. The molecule has 2 heterocycles. The molecule has 4 nitrogen and oxygen atoms in total. The molecule has 0 aliphatic heterocycles. The molecule has 2 aromatic rings. The average Bonchev–Trinajstić information content (AvgIpc) is 2.27. The molecule has 0 fully saturated rings. The zero-order chi connectivity index (χ0) is 7.84. The molecule has 2 rings (SSSR count). The van der Waals surface area contributed by atoms with Gasteiger partial charge in [-0.1, -0.05) is 0 Å². The minimum absolute atomic E-state index is 0.503. The quantitative estimate of drug-likeness (QED) is 0.595. The number of hydrogen-bond acceptors (Lipinski definition) is 3. The van der Waals surface area contributed by atoms with Crippen LogP contribution in [0.15, 0.2) is 18.5 Å². The van der Waals surface area contributed by atoms with Gasteiger partial charge in [0.15, 0.2) is 0 Å². The van der Waals surface area contributed by atoms with Gasteiger partial charge in [-0.2, -0.15) is 4.98 Å². The number of nitrogen functional groups attached to an aromatic ring is 1. The van der Waals surface area contributed by atoms with E-state index in [1.54, 1.807) is 6.07 Å². The second-order valence-electron chi connectivity index (χ2n) is 2.44. The van der Waals surface area contributed by atoms with Crippen LogP contribution in [-0.2, 0) is 0 Å². The summed E-state index contributed by atoms with van der Waals surface area (Å²) in [5.74, 6) is 1.16. The van der Waals surface area contributed by atoms with Gasteiger partial charge in [0.25, 0.3) is 0 Å². The highest BCUT2D eigenvalue weighted by Gasteiger charge is 1.97. The standard InChI is InChI=1S/C7H8N4/c1-5-4-11-3-2-6(8)10-7(11)9-5/h2-4H,1H3,(H2,8,9,10). The van der Waals surface area contributed by atoms with Crippen molar-refractivity contribution in [1.29, 1.82) is 0 Å². The number of aryl methyl sites for hydroxylation is 1. The van der Waals surface area contributed by atoms with Gasteiger partial charge in [-0.25, -0.2) is 4.98 Å². The van der Waals surface area contributed by atoms with E-state index in [0.717, 1.165) is 5.69 Å². The molecule has 0 amide bonds. The summed E-state index contributed by atoms with van der Waals surface area (Å²) in [6.07, 6.45) is 3.75. The maximum atomic E-state index is 5.47. The first-order chi connectivity index (χ1) is 5.25. The second-order valence-corrected chi connectivity index (χ2v) is 2.44. The summed E-state index contributed by atoms with van der Waals surface area (Å²) < 4.78 is 1.84. The average molecular weight is 148 g/mol. The lowest BCUT2D eigenvalue weighted by Crippen LogP contribution is -1.93. The second kappa shape index (κ2) is 1.95. The van der Waals surface area contributed by atoms with Crippen molar-refractivity contribution in [3.63, 3.8) is 0 Å². The van der Waals surface area contributed by atoms with Crippen LogP contribution in [0.3, 0.4) is 0 Å². The highest BCUT2D eigenvalue weighted by molar-refractivity contribution is 5.39. The van der Waals surface area contributed by atoms with Crippen LogP contribution in [-0.4, -0.2) is 14.4 Å². The third-order valence-electron chi connectivity index (χ3n) is 1.47. The Morgan fingerprint density at radius 1 is 1.45 bits per heavy atom. The molecule has 0 radical (unpaired) electrons. The fraction of sp³-hybridized carbons (Fsp3) is 0.143. The van der Waals surface area contributed by atoms with E-state index in [4.69, 9.17) is 5.73 Å². The number of nitrogens with two attached hydrogens (primary N) is 1. The van der Waals surface area contributed by atoms with Crippen LogP contribution in [0, 0.1) is 6.92 Å². The molecule has 0 atom stereocenters. The number of nitrogens with zero attached hydrogens (tertiary/aromatic N) is 3. The van der Waals surface area contributed by atoms with Crippen molar-refractivity contribution in [2.45, 2.75) is 6.92 Å². The van der Waals surface area contributed by atoms with E-state index in [2.05, 4.69) is 9.97 Å². The fourth-order valence-corrected chi connectivity index (χ4v) is 1.01. The number of imidazole rings is 1. The van der Waals surface area contributed by atoms with Crippen molar-refractivity contribution in [2.24, 2.45) is 0 Å². The van der Waals surface area contributed by atoms with E-state index in [1.165, 1.54) is 0 Å². The van der Waals surface area contributed by atoms with Crippen LogP contribution < -0.4 is 5.73 Å². The number of rotatable bonds is 0. The van der Waals surface area contributed by atoms with Crippen LogP contribution in [0.1, 0.15) is 5.69 Å². The first-order valence-electron chi connectivity index (χ1n) is 3.33. The van der Waals surface area contributed by atoms with E-state index >= 15 is 0 Å². The largest absolute Gasteiger partial charge is 0.384 e. The van der Waals surface area contributed by atoms with Gasteiger partial charge in [0.05, 0.1) is 5.69 Å². The molecule has 0 aliphatic carbocycles. The molecule has 2 N–H and O–H groups in total. The third kappa shape index (κ3) is 0.920. The smallest absolute Gasteiger partial charge is 0.235 e. The van der Waals surface area contributed by atoms with Gasteiger partial charge in [-0.05, 0) is 13.0 Å². The summed E-state index contributed by atoms with van der Waals surface area (Å²) in [4.78, 5) is 8.17. The van der Waals surface area contributed by atoms with E-state index in [1.807, 2.05) is 23.7 Å². The molecule has 4 heteroatoms. The monoisotopic (exact) mass is 148 g/mol. The molecule has 2 aromatic heterocycles. The van der Waals surface area contributed by atoms with Gasteiger partial charge in [0.1, 0.15) is 5.82 Å². The topological polar surface area (TPSA) is 56.2 Å². The van der Waals surface area contributed by atoms with Gasteiger partial charge in [0.2, 0.25) is 5.78 Å². The van der Waals surface area contributed by atoms with Gasteiger partial charge in [-0.15, -0.1) is 0 Å². The fourth-order valence-electron chi connectivity index (χ4n) is 1.01. The predicted octanol–water partition coefficient (Wildman–Crippen LogP) is 0.620. The molecule has 56 valence electrons. The minimum atomic E-state index is 0.503. The van der Waals surface area contributed by atoms with E-state index in [0.29, 0.717) is 11.6 Å². The molecular formula is C7H8N4. The van der Waals surface area contributed by atoms with Crippen molar-refractivity contribution in [1.82, 2.24) is 14.4 Å². The maximum absolute atomic E-state index is 5.47. The van der Waals surface area contributed by atoms with Crippen molar-refractivity contribution < 1.29 is 0 Å². The van der Waals surface area contributed by atoms with Gasteiger partial charge < -0.3 is 5.73 Å². The molecule has 0 saturated heterocycles. The summed E-state index contributed by atoms with van der Waals surface area (Å²) in [6.45, 7) is 1.92. The lowest BCUT2D eigenvalue weighted by atomic mass is 10.6. The summed E-state index contributed by atoms with van der Waals surface area (Å²) in [5.41, 5.74) is 6.42. The summed E-state index contributed by atoms with van der Waals surface area (Å²) >= 11 is 0. The molecule has 0 unspecified atom stereocenters. The Bertz CT molecular complexity index is 390. The Morgan fingerprint density at radius 3 is 3.09 bits per heavy atom. The normalized spacial score (nSPS) is 10.6. The highest BCUT2D eigenvalue weighted by Crippen LogP contribution is 2.03. The van der Waals surface area contributed by atoms with Crippen molar-refractivity contribution >= 4 is 11.6 Å². The number of hydrogen-bond donors (Lipinski definition) is 1. The molecule has 0 aliphatic rings. The van der Waals surface area contributed by atoms with Gasteiger partial charge in [0, 0.05) is 12.4 Å². The number of fused-ring (bicyclic) bond motifs is 1. The molecule has 0 aromatic carbocycles. The Balaban J connectivity index is 2.82. The van der Waals surface area contributed by atoms with Crippen LogP contribution >= 0.6 is 0 Å².